The van der Waals surface area contributed by atoms with E-state index >= 15 is 0 Å². The Bertz CT molecular complexity index is 683. The van der Waals surface area contributed by atoms with Crippen molar-refractivity contribution in [1.82, 2.24) is 20.2 Å². The lowest BCUT2D eigenvalue weighted by atomic mass is 9.85. The molecule has 0 saturated heterocycles. The van der Waals surface area contributed by atoms with E-state index in [1.54, 1.807) is 4.68 Å². The van der Waals surface area contributed by atoms with Gasteiger partial charge in [0.15, 0.2) is 5.82 Å². The summed E-state index contributed by atoms with van der Waals surface area (Å²) in [4.78, 5) is 12.4. The molecule has 23 heavy (non-hydrogen) atoms. The molecule has 0 bridgehead atoms. The van der Waals surface area contributed by atoms with Gasteiger partial charge in [-0.05, 0) is 48.7 Å². The topological polar surface area (TPSA) is 98.7 Å². The largest absolute Gasteiger partial charge is 0.328 e. The molecule has 1 heterocycles. The smallest absolute Gasteiger partial charge is 0.227 e. The molecule has 2 aromatic rings. The van der Waals surface area contributed by atoms with Crippen molar-refractivity contribution in [3.63, 3.8) is 0 Å². The minimum Gasteiger partial charge on any atom is -0.328 e. The highest BCUT2D eigenvalue weighted by Crippen LogP contribution is 2.25. The van der Waals surface area contributed by atoms with Crippen LogP contribution in [0.25, 0.3) is 11.4 Å². The van der Waals surface area contributed by atoms with Gasteiger partial charge in [0, 0.05) is 29.8 Å². The lowest BCUT2D eigenvalue weighted by Crippen LogP contribution is -2.34. The van der Waals surface area contributed by atoms with Crippen LogP contribution in [0.5, 0.6) is 0 Å². The molecule has 1 aromatic heterocycles. The summed E-state index contributed by atoms with van der Waals surface area (Å²) in [5, 5.41) is 14.7. The summed E-state index contributed by atoms with van der Waals surface area (Å²) in [7, 11) is 0. The number of amides is 1. The Balaban J connectivity index is 1.74. The maximum atomic E-state index is 12.4. The Morgan fingerprint density at radius 2 is 2.30 bits per heavy atom. The van der Waals surface area contributed by atoms with Gasteiger partial charge in [0.25, 0.3) is 0 Å². The van der Waals surface area contributed by atoms with Crippen molar-refractivity contribution in [2.45, 2.75) is 45.2 Å². The Kier molecular flexibility index (Phi) is 4.66. The highest BCUT2D eigenvalue weighted by atomic mass is 16.1. The Morgan fingerprint density at radius 3 is 3.09 bits per heavy atom. The van der Waals surface area contributed by atoms with Gasteiger partial charge in [-0.3, -0.25) is 4.79 Å². The van der Waals surface area contributed by atoms with Gasteiger partial charge >= 0.3 is 0 Å². The van der Waals surface area contributed by atoms with Gasteiger partial charge < -0.3 is 11.1 Å². The summed E-state index contributed by atoms with van der Waals surface area (Å²) in [5.74, 6) is 0.749. The fourth-order valence-corrected chi connectivity index (χ4v) is 3.07. The van der Waals surface area contributed by atoms with Crippen molar-refractivity contribution >= 4 is 11.6 Å². The predicted molar refractivity (Wildman–Crippen MR) is 87.5 cm³/mol. The van der Waals surface area contributed by atoms with E-state index in [1.807, 2.05) is 31.2 Å². The summed E-state index contributed by atoms with van der Waals surface area (Å²) in [6.45, 7) is 2.68. The van der Waals surface area contributed by atoms with E-state index in [9.17, 15) is 4.79 Å². The number of aryl methyl sites for hydroxylation is 1. The number of hydrogen-bond donors (Lipinski definition) is 2. The maximum absolute atomic E-state index is 12.4. The summed E-state index contributed by atoms with van der Waals surface area (Å²) in [6.07, 6.45) is 3.70. The van der Waals surface area contributed by atoms with Crippen molar-refractivity contribution < 1.29 is 4.79 Å². The van der Waals surface area contributed by atoms with Gasteiger partial charge in [-0.2, -0.15) is 0 Å². The minimum atomic E-state index is 0.00312. The Labute approximate surface area is 135 Å². The number of rotatable bonds is 4. The van der Waals surface area contributed by atoms with Gasteiger partial charge in [-0.1, -0.05) is 18.6 Å². The average Bonchev–Trinajstić information content (AvgIpc) is 3.04. The highest BCUT2D eigenvalue weighted by molar-refractivity contribution is 5.93. The second-order valence-electron chi connectivity index (χ2n) is 6.01. The van der Waals surface area contributed by atoms with E-state index in [-0.39, 0.29) is 17.9 Å². The molecular weight excluding hydrogens is 292 g/mol. The fraction of sp³-hybridized carbons (Fsp3) is 0.500. The molecule has 0 spiro atoms. The molecule has 2 unspecified atom stereocenters. The maximum Gasteiger partial charge on any atom is 0.227 e. The summed E-state index contributed by atoms with van der Waals surface area (Å²) in [5.41, 5.74) is 7.62. The number of carbonyl (C=O) groups excluding carboxylic acids is 1. The monoisotopic (exact) mass is 314 g/mol. The van der Waals surface area contributed by atoms with E-state index in [1.165, 1.54) is 0 Å². The number of aromatic nitrogens is 4. The van der Waals surface area contributed by atoms with Crippen molar-refractivity contribution in [2.75, 3.05) is 5.32 Å². The number of hydrogen-bond acceptors (Lipinski definition) is 5. The molecule has 1 aromatic carbocycles. The van der Waals surface area contributed by atoms with Crippen LogP contribution >= 0.6 is 0 Å². The quantitative estimate of drug-likeness (QED) is 0.897. The molecule has 7 nitrogen and oxygen atoms in total. The van der Waals surface area contributed by atoms with Gasteiger partial charge in [-0.25, -0.2) is 4.68 Å². The van der Waals surface area contributed by atoms with Crippen LogP contribution in [0.2, 0.25) is 0 Å². The van der Waals surface area contributed by atoms with Crippen LogP contribution in [-0.4, -0.2) is 32.2 Å². The highest BCUT2D eigenvalue weighted by Gasteiger charge is 2.25. The summed E-state index contributed by atoms with van der Waals surface area (Å²) in [6, 6.07) is 7.75. The number of benzene rings is 1. The minimum absolute atomic E-state index is 0.00312. The third-order valence-corrected chi connectivity index (χ3v) is 4.31. The van der Waals surface area contributed by atoms with Crippen LogP contribution in [0.4, 0.5) is 5.69 Å². The Morgan fingerprint density at radius 1 is 1.43 bits per heavy atom. The molecule has 3 N–H and O–H groups in total. The predicted octanol–water partition coefficient (Wildman–Crippen LogP) is 1.82. The zero-order valence-corrected chi connectivity index (χ0v) is 13.3. The van der Waals surface area contributed by atoms with Crippen LogP contribution in [0.15, 0.2) is 24.3 Å². The van der Waals surface area contributed by atoms with Crippen molar-refractivity contribution in [3.8, 4) is 11.4 Å². The molecule has 0 radical (unpaired) electrons. The number of anilines is 1. The van der Waals surface area contributed by atoms with E-state index in [0.717, 1.165) is 36.9 Å². The lowest BCUT2D eigenvalue weighted by molar-refractivity contribution is -0.120. The van der Waals surface area contributed by atoms with E-state index < -0.39 is 0 Å². The number of nitrogens with two attached hydrogens (primary N) is 1. The zero-order chi connectivity index (χ0) is 16.2. The number of nitrogens with one attached hydrogen (secondary N) is 1. The van der Waals surface area contributed by atoms with Crippen LogP contribution in [-0.2, 0) is 11.3 Å². The Hall–Kier alpha value is -2.28. The van der Waals surface area contributed by atoms with Crippen molar-refractivity contribution in [2.24, 2.45) is 11.7 Å². The van der Waals surface area contributed by atoms with Crippen molar-refractivity contribution in [3.05, 3.63) is 24.3 Å². The molecule has 2 atom stereocenters. The average molecular weight is 314 g/mol. The normalized spacial score (nSPS) is 21.1. The van der Waals surface area contributed by atoms with Gasteiger partial charge in [0.05, 0.1) is 0 Å². The molecule has 1 aliphatic rings. The fourth-order valence-electron chi connectivity index (χ4n) is 3.07. The molecule has 0 aliphatic heterocycles. The molecule has 1 fully saturated rings. The SMILES string of the molecule is CCn1nnnc1-c1cccc(NC(=O)C2CCCC(N)C2)c1. The molecular formula is C16H22N6O. The second-order valence-corrected chi connectivity index (χ2v) is 6.01. The third kappa shape index (κ3) is 3.56. The molecule has 7 heteroatoms. The third-order valence-electron chi connectivity index (χ3n) is 4.31. The van der Waals surface area contributed by atoms with Crippen LogP contribution in [0.1, 0.15) is 32.6 Å². The van der Waals surface area contributed by atoms with Gasteiger partial charge in [-0.15, -0.1) is 5.10 Å². The van der Waals surface area contributed by atoms with Crippen LogP contribution in [0.3, 0.4) is 0 Å². The van der Waals surface area contributed by atoms with Crippen LogP contribution in [0, 0.1) is 5.92 Å². The molecule has 122 valence electrons. The number of nitrogens with zero attached hydrogens (tertiary/aromatic N) is 4. The molecule has 1 aliphatic carbocycles. The van der Waals surface area contributed by atoms with Gasteiger partial charge in [0.2, 0.25) is 5.91 Å². The first-order valence-corrected chi connectivity index (χ1v) is 8.10. The van der Waals surface area contributed by atoms with Crippen molar-refractivity contribution in [1.29, 1.82) is 0 Å². The van der Waals surface area contributed by atoms with Gasteiger partial charge in [0.1, 0.15) is 0 Å². The first-order chi connectivity index (χ1) is 11.2. The first-order valence-electron chi connectivity index (χ1n) is 8.10. The zero-order valence-electron chi connectivity index (χ0n) is 13.3. The van der Waals surface area contributed by atoms with Crippen LogP contribution < -0.4 is 11.1 Å². The molecule has 3 rings (SSSR count). The number of carbonyl (C=O) groups is 1. The standard InChI is InChI=1S/C16H22N6O/c1-2-22-15(19-20-21-22)11-5-4-8-14(10-11)18-16(23)12-6-3-7-13(17)9-12/h4-5,8,10,12-13H,2-3,6-7,9,17H2,1H3,(H,18,23). The lowest BCUT2D eigenvalue weighted by Gasteiger charge is -2.25. The van der Waals surface area contributed by atoms with E-state index in [4.69, 9.17) is 5.73 Å². The second kappa shape index (κ2) is 6.87. The molecule has 1 saturated carbocycles. The summed E-state index contributed by atoms with van der Waals surface area (Å²) < 4.78 is 1.72. The van der Waals surface area contributed by atoms with E-state index in [0.29, 0.717) is 12.4 Å². The summed E-state index contributed by atoms with van der Waals surface area (Å²) >= 11 is 0. The van der Waals surface area contributed by atoms with E-state index in [2.05, 4.69) is 20.8 Å². The number of tetrazole rings is 1. The first kappa shape index (κ1) is 15.6. The molecule has 1 amide bonds.